The van der Waals surface area contributed by atoms with E-state index in [1.54, 1.807) is 18.2 Å². The van der Waals surface area contributed by atoms with Crippen molar-refractivity contribution in [2.45, 2.75) is 31.3 Å². The molecule has 2 aromatic carbocycles. The Hall–Kier alpha value is -2.50. The molecule has 1 aliphatic rings. The van der Waals surface area contributed by atoms with Crippen LogP contribution < -0.4 is 0 Å². The summed E-state index contributed by atoms with van der Waals surface area (Å²) in [6.45, 7) is 0. The summed E-state index contributed by atoms with van der Waals surface area (Å²) in [4.78, 5) is 21.8. The summed E-state index contributed by atoms with van der Waals surface area (Å²) in [7, 11) is 0. The Kier molecular flexibility index (Phi) is 3.08. The van der Waals surface area contributed by atoms with Gasteiger partial charge in [-0.25, -0.2) is 0 Å². The van der Waals surface area contributed by atoms with Gasteiger partial charge in [0.05, 0.1) is 6.42 Å². The first-order valence-corrected chi connectivity index (χ1v) is 6.87. The molecule has 0 unspecified atom stereocenters. The van der Waals surface area contributed by atoms with Crippen LogP contribution in [0.15, 0.2) is 36.4 Å². The van der Waals surface area contributed by atoms with Crippen LogP contribution in [-0.2, 0) is 12.1 Å². The molecule has 0 atom stereocenters. The van der Waals surface area contributed by atoms with Gasteiger partial charge < -0.3 is 0 Å². The Morgan fingerprint density at radius 3 is 2.38 bits per heavy atom. The normalized spacial score (nSPS) is 17.0. The average molecular weight is 286 g/mol. The second-order valence-corrected chi connectivity index (χ2v) is 5.36. The van der Waals surface area contributed by atoms with Crippen LogP contribution in [0.4, 0.5) is 0 Å². The molecule has 0 aromatic heterocycles. The standard InChI is InChI=1S/C15H14N2O4/c18-16(19)15(17(20)21)10-4-3-6-12-9-8-11-5-1-2-7-13(11)14(12)15/h1-2,5,7-9H,3-4,6,10H2. The van der Waals surface area contributed by atoms with E-state index in [0.29, 0.717) is 18.2 Å². The molecule has 6 nitrogen and oxygen atoms in total. The maximum atomic E-state index is 11.6. The van der Waals surface area contributed by atoms with Crippen molar-refractivity contribution in [3.63, 3.8) is 0 Å². The van der Waals surface area contributed by atoms with E-state index in [1.165, 1.54) is 0 Å². The molecule has 0 spiro atoms. The van der Waals surface area contributed by atoms with E-state index < -0.39 is 15.5 Å². The van der Waals surface area contributed by atoms with Gasteiger partial charge in [-0.1, -0.05) is 36.4 Å². The Morgan fingerprint density at radius 2 is 1.67 bits per heavy atom. The zero-order valence-corrected chi connectivity index (χ0v) is 11.3. The summed E-state index contributed by atoms with van der Waals surface area (Å²) in [5.74, 6) is 0. The van der Waals surface area contributed by atoms with Crippen molar-refractivity contribution in [1.29, 1.82) is 0 Å². The molecule has 21 heavy (non-hydrogen) atoms. The number of aryl methyl sites for hydroxylation is 1. The van der Waals surface area contributed by atoms with E-state index in [2.05, 4.69) is 0 Å². The third-order valence-corrected chi connectivity index (χ3v) is 4.24. The number of benzene rings is 2. The number of nitrogens with zero attached hydrogens (tertiary/aromatic N) is 2. The van der Waals surface area contributed by atoms with Crippen LogP contribution in [0, 0.1) is 20.2 Å². The van der Waals surface area contributed by atoms with E-state index in [-0.39, 0.29) is 12.0 Å². The number of fused-ring (bicyclic) bond motifs is 3. The zero-order chi connectivity index (χ0) is 15.0. The van der Waals surface area contributed by atoms with Gasteiger partial charge in [0, 0.05) is 0 Å². The van der Waals surface area contributed by atoms with Crippen LogP contribution in [0.3, 0.4) is 0 Å². The third-order valence-electron chi connectivity index (χ3n) is 4.24. The quantitative estimate of drug-likeness (QED) is 0.367. The fraction of sp³-hybridized carbons (Fsp3) is 0.333. The molecule has 1 aliphatic carbocycles. The molecule has 0 saturated heterocycles. The molecule has 3 rings (SSSR count). The molecule has 108 valence electrons. The number of rotatable bonds is 2. The minimum atomic E-state index is -2.23. The van der Waals surface area contributed by atoms with Crippen molar-refractivity contribution in [2.75, 3.05) is 0 Å². The maximum Gasteiger partial charge on any atom is 0.485 e. The van der Waals surface area contributed by atoms with Gasteiger partial charge in [0.25, 0.3) is 0 Å². The smallest absolute Gasteiger partial charge is 0.258 e. The van der Waals surface area contributed by atoms with Gasteiger partial charge in [-0.15, -0.1) is 0 Å². The van der Waals surface area contributed by atoms with Crippen LogP contribution in [0.2, 0.25) is 0 Å². The first-order valence-electron chi connectivity index (χ1n) is 6.87. The molecule has 0 fully saturated rings. The second kappa shape index (κ2) is 4.80. The molecule has 0 aliphatic heterocycles. The summed E-state index contributed by atoms with van der Waals surface area (Å²) in [6.07, 6.45) is 1.79. The van der Waals surface area contributed by atoms with Gasteiger partial charge in [-0.05, 0) is 35.6 Å². The third kappa shape index (κ3) is 1.86. The van der Waals surface area contributed by atoms with Crippen LogP contribution in [0.25, 0.3) is 10.8 Å². The Balaban J connectivity index is 2.44. The maximum absolute atomic E-state index is 11.6. The van der Waals surface area contributed by atoms with Gasteiger partial charge in [-0.2, -0.15) is 0 Å². The summed E-state index contributed by atoms with van der Waals surface area (Å²) >= 11 is 0. The lowest BCUT2D eigenvalue weighted by atomic mass is 9.88. The topological polar surface area (TPSA) is 86.3 Å². The lowest BCUT2D eigenvalue weighted by Crippen LogP contribution is -2.43. The minimum absolute atomic E-state index is 0.0615. The van der Waals surface area contributed by atoms with Crippen molar-refractivity contribution >= 4 is 10.8 Å². The lowest BCUT2D eigenvalue weighted by Gasteiger charge is -2.19. The van der Waals surface area contributed by atoms with Gasteiger partial charge in [-0.3, -0.25) is 20.2 Å². The van der Waals surface area contributed by atoms with Crippen molar-refractivity contribution in [3.8, 4) is 0 Å². The zero-order valence-electron chi connectivity index (χ0n) is 11.3. The largest absolute Gasteiger partial charge is 0.485 e. The van der Waals surface area contributed by atoms with E-state index in [4.69, 9.17) is 0 Å². The Labute approximate surface area is 120 Å². The summed E-state index contributed by atoms with van der Waals surface area (Å²) in [5, 5.41) is 24.7. The molecule has 6 heteroatoms. The second-order valence-electron chi connectivity index (χ2n) is 5.36. The molecule has 0 N–H and O–H groups in total. The fourth-order valence-electron chi connectivity index (χ4n) is 3.24. The molecule has 0 heterocycles. The first kappa shape index (κ1) is 13.5. The van der Waals surface area contributed by atoms with Crippen molar-refractivity contribution in [3.05, 3.63) is 67.8 Å². The SMILES string of the molecule is O=[N+]([O-])C1([N+](=O)[O-])CCCCc2ccc3ccccc3c21. The monoisotopic (exact) mass is 286 g/mol. The highest BCUT2D eigenvalue weighted by molar-refractivity contribution is 5.87. The van der Waals surface area contributed by atoms with E-state index in [9.17, 15) is 20.2 Å². The minimum Gasteiger partial charge on any atom is -0.258 e. The Bertz CT molecular complexity index is 728. The van der Waals surface area contributed by atoms with Crippen molar-refractivity contribution in [2.24, 2.45) is 0 Å². The van der Waals surface area contributed by atoms with Crippen LogP contribution >= 0.6 is 0 Å². The fourth-order valence-corrected chi connectivity index (χ4v) is 3.24. The van der Waals surface area contributed by atoms with Crippen molar-refractivity contribution < 1.29 is 9.85 Å². The molecule has 2 aromatic rings. The molecule has 0 saturated carbocycles. The van der Waals surface area contributed by atoms with Crippen LogP contribution in [-0.4, -0.2) is 9.85 Å². The molecule has 0 bridgehead atoms. The van der Waals surface area contributed by atoms with E-state index >= 15 is 0 Å². The highest BCUT2D eigenvalue weighted by Crippen LogP contribution is 2.41. The Morgan fingerprint density at radius 1 is 0.952 bits per heavy atom. The molecule has 0 amide bonds. The molecular formula is C15H14N2O4. The van der Waals surface area contributed by atoms with Gasteiger partial charge >= 0.3 is 5.66 Å². The lowest BCUT2D eigenvalue weighted by molar-refractivity contribution is -0.811. The summed E-state index contributed by atoms with van der Waals surface area (Å²) < 4.78 is 0. The van der Waals surface area contributed by atoms with Gasteiger partial charge in [0.2, 0.25) is 0 Å². The molecular weight excluding hydrogens is 272 g/mol. The number of hydrogen-bond acceptors (Lipinski definition) is 4. The van der Waals surface area contributed by atoms with Gasteiger partial charge in [0.1, 0.15) is 15.4 Å². The predicted octanol–water partition coefficient (Wildman–Crippen LogP) is 3.27. The average Bonchev–Trinajstić information content (AvgIpc) is 2.67. The number of nitro groups is 2. The van der Waals surface area contributed by atoms with Crippen molar-refractivity contribution in [1.82, 2.24) is 0 Å². The molecule has 0 radical (unpaired) electrons. The van der Waals surface area contributed by atoms with Crippen LogP contribution in [0.1, 0.15) is 30.4 Å². The van der Waals surface area contributed by atoms with E-state index in [1.807, 2.05) is 18.2 Å². The van der Waals surface area contributed by atoms with Crippen LogP contribution in [0.5, 0.6) is 0 Å². The summed E-state index contributed by atoms with van der Waals surface area (Å²) in [6, 6.07) is 10.8. The highest BCUT2D eigenvalue weighted by atomic mass is 16.7. The highest BCUT2D eigenvalue weighted by Gasteiger charge is 2.59. The first-order chi connectivity index (χ1) is 10.1. The van der Waals surface area contributed by atoms with E-state index in [0.717, 1.165) is 17.4 Å². The number of hydrogen-bond donors (Lipinski definition) is 0. The van der Waals surface area contributed by atoms with Gasteiger partial charge in [0.15, 0.2) is 0 Å². The summed E-state index contributed by atoms with van der Waals surface area (Å²) in [5.41, 5.74) is -1.24. The predicted molar refractivity (Wildman–Crippen MR) is 77.2 cm³/mol.